The maximum Gasteiger partial charge on any atom is 0.254 e. The molecule has 3 rings (SSSR count). The fourth-order valence-corrected chi connectivity index (χ4v) is 6.49. The van der Waals surface area contributed by atoms with Gasteiger partial charge in [0.25, 0.3) is 5.91 Å². The molecular weight excluding hydrogens is 366 g/mol. The van der Waals surface area contributed by atoms with Crippen LogP contribution in [0.4, 0.5) is 0 Å². The van der Waals surface area contributed by atoms with Gasteiger partial charge >= 0.3 is 0 Å². The van der Waals surface area contributed by atoms with E-state index >= 15 is 0 Å². The van der Waals surface area contributed by atoms with Gasteiger partial charge in [-0.05, 0) is 35.0 Å². The summed E-state index contributed by atoms with van der Waals surface area (Å²) < 4.78 is 10.7. The summed E-state index contributed by atoms with van der Waals surface area (Å²) in [4.78, 5) is 14.8. The van der Waals surface area contributed by atoms with Crippen molar-refractivity contribution >= 4 is 30.8 Å². The van der Waals surface area contributed by atoms with E-state index < -0.39 is 8.07 Å². The zero-order chi connectivity index (χ0) is 19.1. The van der Waals surface area contributed by atoms with Crippen molar-refractivity contribution in [1.29, 1.82) is 0 Å². The van der Waals surface area contributed by atoms with Crippen LogP contribution in [-0.4, -0.2) is 33.1 Å². The highest BCUT2D eigenvalue weighted by Gasteiger charge is 2.34. The van der Waals surface area contributed by atoms with E-state index in [1.165, 1.54) is 5.19 Å². The monoisotopic (exact) mass is 389 g/mol. The third-order valence-corrected chi connectivity index (χ3v) is 7.28. The highest BCUT2D eigenvalue weighted by atomic mass is 35.5. The van der Waals surface area contributed by atoms with Crippen LogP contribution in [-0.2, 0) is 13.1 Å². The van der Waals surface area contributed by atoms with Gasteiger partial charge in [0, 0.05) is 35.3 Å². The van der Waals surface area contributed by atoms with E-state index in [2.05, 4.69) is 19.6 Å². The molecule has 0 bridgehead atoms. The molecule has 0 aliphatic carbocycles. The Bertz CT molecular complexity index is 861. The largest absolute Gasteiger partial charge is 0.497 e. The van der Waals surface area contributed by atoms with Gasteiger partial charge in [-0.25, -0.2) is 0 Å². The number of halogens is 1. The normalized spacial score (nSPS) is 13.8. The first-order valence-electron chi connectivity index (χ1n) is 8.58. The van der Waals surface area contributed by atoms with Gasteiger partial charge in [-0.2, -0.15) is 0 Å². The van der Waals surface area contributed by atoms with Crippen molar-refractivity contribution in [2.45, 2.75) is 32.7 Å². The van der Waals surface area contributed by atoms with E-state index in [0.717, 1.165) is 33.2 Å². The van der Waals surface area contributed by atoms with Crippen molar-refractivity contribution in [2.75, 3.05) is 14.2 Å². The molecule has 0 aromatic heterocycles. The molecule has 0 atom stereocenters. The first-order chi connectivity index (χ1) is 12.3. The summed E-state index contributed by atoms with van der Waals surface area (Å²) in [7, 11) is 1.58. The number of carbonyl (C=O) groups excluding carboxylic acids is 1. The topological polar surface area (TPSA) is 38.8 Å². The average molecular weight is 390 g/mol. The fraction of sp³-hybridized carbons (Fsp3) is 0.350. The van der Waals surface area contributed by atoms with Crippen molar-refractivity contribution in [1.82, 2.24) is 4.90 Å². The number of nitrogens with zero attached hydrogens (tertiary/aromatic N) is 1. The second kappa shape index (κ2) is 6.97. The molecule has 26 heavy (non-hydrogen) atoms. The van der Waals surface area contributed by atoms with Crippen LogP contribution in [0.2, 0.25) is 24.7 Å². The predicted molar refractivity (Wildman–Crippen MR) is 108 cm³/mol. The quantitative estimate of drug-likeness (QED) is 0.724. The Morgan fingerprint density at radius 2 is 1.85 bits per heavy atom. The molecule has 4 nitrogen and oxygen atoms in total. The minimum Gasteiger partial charge on any atom is -0.497 e. The molecule has 2 aromatic rings. The Labute approximate surface area is 160 Å². The summed E-state index contributed by atoms with van der Waals surface area (Å²) in [5, 5.41) is 1.97. The van der Waals surface area contributed by atoms with E-state index in [4.69, 9.17) is 21.1 Å². The van der Waals surface area contributed by atoms with E-state index in [0.29, 0.717) is 13.1 Å². The average Bonchev–Trinajstić information content (AvgIpc) is 2.89. The number of rotatable bonds is 5. The molecule has 6 heteroatoms. The number of hydrogen-bond acceptors (Lipinski definition) is 3. The van der Waals surface area contributed by atoms with Gasteiger partial charge < -0.3 is 14.4 Å². The molecule has 0 spiro atoms. The van der Waals surface area contributed by atoms with Crippen molar-refractivity contribution < 1.29 is 14.3 Å². The molecule has 1 heterocycles. The SMILES string of the molecule is COc1ccc(CN2Cc3c(ccc(Cl)c3[Si](C)(C)C)C2=O)c(OC)c1. The maximum atomic E-state index is 12.9. The highest BCUT2D eigenvalue weighted by molar-refractivity contribution is 6.90. The van der Waals surface area contributed by atoms with Crippen LogP contribution in [0.15, 0.2) is 30.3 Å². The van der Waals surface area contributed by atoms with Gasteiger partial charge in [-0.15, -0.1) is 0 Å². The molecular formula is C20H24ClNO3Si. The van der Waals surface area contributed by atoms with Gasteiger partial charge in [0.2, 0.25) is 0 Å². The second-order valence-corrected chi connectivity index (χ2v) is 12.9. The molecule has 1 aliphatic heterocycles. The molecule has 1 aliphatic rings. The predicted octanol–water partition coefficient (Wildman–Crippen LogP) is 4.06. The lowest BCUT2D eigenvalue weighted by Crippen LogP contribution is -2.41. The summed E-state index contributed by atoms with van der Waals surface area (Å²) in [5.74, 6) is 1.50. The fourth-order valence-electron chi connectivity index (χ4n) is 3.54. The molecule has 0 radical (unpaired) electrons. The molecule has 2 aromatic carbocycles. The molecule has 0 saturated carbocycles. The van der Waals surface area contributed by atoms with Gasteiger partial charge in [0.15, 0.2) is 0 Å². The van der Waals surface area contributed by atoms with E-state index in [1.54, 1.807) is 14.2 Å². The van der Waals surface area contributed by atoms with Crippen LogP contribution in [0.3, 0.4) is 0 Å². The van der Waals surface area contributed by atoms with E-state index in [-0.39, 0.29) is 5.91 Å². The molecule has 0 unspecified atom stereocenters. The number of benzene rings is 2. The minimum atomic E-state index is -1.67. The Balaban J connectivity index is 1.94. The summed E-state index contributed by atoms with van der Waals surface area (Å²) in [5.41, 5.74) is 2.82. The number of amides is 1. The number of hydrogen-bond donors (Lipinski definition) is 0. The molecule has 138 valence electrons. The number of methoxy groups -OCH3 is 2. The third kappa shape index (κ3) is 3.33. The zero-order valence-electron chi connectivity index (χ0n) is 15.9. The Morgan fingerprint density at radius 1 is 1.12 bits per heavy atom. The smallest absolute Gasteiger partial charge is 0.254 e. The van der Waals surface area contributed by atoms with Crippen LogP contribution in [0.25, 0.3) is 0 Å². The van der Waals surface area contributed by atoms with Crippen LogP contribution in [0.5, 0.6) is 11.5 Å². The zero-order valence-corrected chi connectivity index (χ0v) is 17.6. The van der Waals surface area contributed by atoms with Gasteiger partial charge in [0.1, 0.15) is 11.5 Å². The maximum absolute atomic E-state index is 12.9. The number of ether oxygens (including phenoxy) is 2. The number of fused-ring (bicyclic) bond motifs is 1. The standard InChI is InChI=1S/C20H24ClNO3Si/c1-24-14-7-6-13(18(10-14)25-2)11-22-12-16-15(20(22)23)8-9-17(21)19(16)26(3,4)5/h6-10H,11-12H2,1-5H3. The molecule has 0 fully saturated rings. The van der Waals surface area contributed by atoms with E-state index in [9.17, 15) is 4.79 Å². The van der Waals surface area contributed by atoms with E-state index in [1.807, 2.05) is 35.2 Å². The summed E-state index contributed by atoms with van der Waals surface area (Å²) in [6, 6.07) is 9.39. The second-order valence-electron chi connectivity index (χ2n) is 7.54. The Hall–Kier alpha value is -1.98. The Morgan fingerprint density at radius 3 is 2.46 bits per heavy atom. The minimum absolute atomic E-state index is 0.0500. The lowest BCUT2D eigenvalue weighted by molar-refractivity contribution is 0.0765. The van der Waals surface area contributed by atoms with Crippen molar-refractivity contribution in [3.63, 3.8) is 0 Å². The van der Waals surface area contributed by atoms with Crippen LogP contribution < -0.4 is 14.7 Å². The number of carbonyl (C=O) groups is 1. The summed E-state index contributed by atoms with van der Waals surface area (Å²) >= 11 is 6.50. The van der Waals surface area contributed by atoms with Crippen molar-refractivity contribution in [3.8, 4) is 11.5 Å². The van der Waals surface area contributed by atoms with Gasteiger partial charge in [0.05, 0.1) is 22.3 Å². The van der Waals surface area contributed by atoms with Crippen molar-refractivity contribution in [3.05, 3.63) is 52.0 Å². The Kier molecular flexibility index (Phi) is 5.04. The summed E-state index contributed by atoms with van der Waals surface area (Å²) in [6.45, 7) is 7.85. The molecule has 0 N–H and O–H groups in total. The van der Waals surface area contributed by atoms with Gasteiger partial charge in [-0.3, -0.25) is 4.79 Å². The first kappa shape index (κ1) is 18.8. The third-order valence-electron chi connectivity index (χ3n) is 4.73. The lowest BCUT2D eigenvalue weighted by atomic mass is 10.1. The first-order valence-corrected chi connectivity index (χ1v) is 12.5. The van der Waals surface area contributed by atoms with Crippen LogP contribution in [0, 0.1) is 0 Å². The summed E-state index contributed by atoms with van der Waals surface area (Å²) in [6.07, 6.45) is 0. The highest BCUT2D eigenvalue weighted by Crippen LogP contribution is 2.31. The van der Waals surface area contributed by atoms with Gasteiger partial charge in [-0.1, -0.05) is 31.2 Å². The molecule has 0 saturated heterocycles. The lowest BCUT2D eigenvalue weighted by Gasteiger charge is -2.22. The van der Waals surface area contributed by atoms with Crippen LogP contribution >= 0.6 is 11.6 Å². The van der Waals surface area contributed by atoms with Crippen LogP contribution in [0.1, 0.15) is 21.5 Å². The van der Waals surface area contributed by atoms with Crippen molar-refractivity contribution in [2.24, 2.45) is 0 Å². The molecule has 1 amide bonds.